The van der Waals surface area contributed by atoms with Gasteiger partial charge in [-0.3, -0.25) is 9.59 Å². The second-order valence-electron chi connectivity index (χ2n) is 10.8. The number of para-hydroxylation sites is 1. The van der Waals surface area contributed by atoms with Gasteiger partial charge in [0.15, 0.2) is 0 Å². The Labute approximate surface area is 213 Å². The van der Waals surface area contributed by atoms with Crippen molar-refractivity contribution < 1.29 is 14.3 Å². The van der Waals surface area contributed by atoms with Crippen LogP contribution in [0.15, 0.2) is 54.6 Å². The van der Waals surface area contributed by atoms with E-state index in [0.717, 1.165) is 47.9 Å². The molecule has 0 bridgehead atoms. The van der Waals surface area contributed by atoms with E-state index in [0.29, 0.717) is 18.8 Å². The Kier molecular flexibility index (Phi) is 6.78. The van der Waals surface area contributed by atoms with Crippen molar-refractivity contribution in [1.29, 1.82) is 0 Å². The number of fused-ring (bicyclic) bond motifs is 3. The third-order valence-corrected chi connectivity index (χ3v) is 7.65. The molecule has 3 aromatic rings. The number of nitrogens with one attached hydrogen (secondary N) is 1. The van der Waals surface area contributed by atoms with Crippen LogP contribution in [0.25, 0.3) is 10.9 Å². The van der Waals surface area contributed by atoms with Crippen LogP contribution in [0.2, 0.25) is 0 Å². The number of hydrogen-bond donors (Lipinski definition) is 1. The number of hydrogen-bond acceptors (Lipinski definition) is 3. The van der Waals surface area contributed by atoms with Gasteiger partial charge in [-0.25, -0.2) is 0 Å². The molecule has 2 aromatic carbocycles. The summed E-state index contributed by atoms with van der Waals surface area (Å²) in [5.41, 5.74) is 1.59. The first kappa shape index (κ1) is 24.4. The van der Waals surface area contributed by atoms with Gasteiger partial charge < -0.3 is 19.5 Å². The Morgan fingerprint density at radius 1 is 1.06 bits per heavy atom. The molecule has 2 aliphatic rings. The Bertz CT molecular complexity index is 1240. The fraction of sp³-hybridized carbons (Fsp3) is 0.467. The third-order valence-electron chi connectivity index (χ3n) is 7.65. The van der Waals surface area contributed by atoms with Gasteiger partial charge >= 0.3 is 0 Å². The first-order valence-corrected chi connectivity index (χ1v) is 13.3. The highest BCUT2D eigenvalue weighted by Gasteiger charge is 2.48. The van der Waals surface area contributed by atoms with Gasteiger partial charge in [0.05, 0.1) is 12.6 Å². The number of amides is 2. The Hall–Kier alpha value is -3.28. The first-order chi connectivity index (χ1) is 17.3. The van der Waals surface area contributed by atoms with E-state index >= 15 is 0 Å². The van der Waals surface area contributed by atoms with Crippen LogP contribution in [-0.2, 0) is 17.9 Å². The molecule has 190 valence electrons. The number of nitrogens with zero attached hydrogens (tertiary/aromatic N) is 2. The summed E-state index contributed by atoms with van der Waals surface area (Å²) in [6.45, 7) is 6.70. The molecule has 1 aliphatic heterocycles. The monoisotopic (exact) mass is 487 g/mol. The number of aromatic nitrogens is 1. The summed E-state index contributed by atoms with van der Waals surface area (Å²) in [6, 6.07) is 18.0. The van der Waals surface area contributed by atoms with Crippen molar-refractivity contribution in [3.8, 4) is 5.75 Å². The van der Waals surface area contributed by atoms with Crippen LogP contribution < -0.4 is 10.1 Å². The predicted octanol–water partition coefficient (Wildman–Crippen LogP) is 5.68. The quantitative estimate of drug-likeness (QED) is 0.455. The van der Waals surface area contributed by atoms with Gasteiger partial charge in [0, 0.05) is 23.5 Å². The molecule has 2 amide bonds. The minimum Gasteiger partial charge on any atom is -0.491 e. The van der Waals surface area contributed by atoms with Crippen molar-refractivity contribution in [2.24, 2.45) is 0 Å². The van der Waals surface area contributed by atoms with E-state index in [9.17, 15) is 9.59 Å². The zero-order valence-electron chi connectivity index (χ0n) is 21.6. The number of carbonyl (C=O) groups is 2. The molecule has 6 nitrogen and oxygen atoms in total. The molecule has 36 heavy (non-hydrogen) atoms. The molecule has 0 spiro atoms. The molecule has 2 heterocycles. The summed E-state index contributed by atoms with van der Waals surface area (Å²) in [7, 11) is 0. The lowest BCUT2D eigenvalue weighted by Gasteiger charge is -2.44. The second-order valence-corrected chi connectivity index (χ2v) is 10.8. The maximum Gasteiger partial charge on any atom is 0.271 e. The largest absolute Gasteiger partial charge is 0.491 e. The summed E-state index contributed by atoms with van der Waals surface area (Å²) < 4.78 is 7.81. The van der Waals surface area contributed by atoms with Crippen molar-refractivity contribution >= 4 is 22.7 Å². The van der Waals surface area contributed by atoms with E-state index in [1.165, 1.54) is 12.8 Å². The van der Waals surface area contributed by atoms with Gasteiger partial charge in [-0.15, -0.1) is 0 Å². The smallest absolute Gasteiger partial charge is 0.271 e. The summed E-state index contributed by atoms with van der Waals surface area (Å²) in [5, 5.41) is 4.36. The number of ether oxygens (including phenoxy) is 1. The predicted molar refractivity (Wildman–Crippen MR) is 142 cm³/mol. The lowest BCUT2D eigenvalue weighted by Crippen LogP contribution is -2.64. The number of rotatable bonds is 6. The molecule has 1 atom stereocenters. The molecule has 1 saturated carbocycles. The maximum absolute atomic E-state index is 14.0. The molecule has 5 rings (SSSR count). The van der Waals surface area contributed by atoms with Gasteiger partial charge in [0.2, 0.25) is 5.91 Å². The molecular formula is C30H37N3O3. The van der Waals surface area contributed by atoms with Crippen LogP contribution >= 0.6 is 0 Å². The van der Waals surface area contributed by atoms with Gasteiger partial charge in [0.1, 0.15) is 17.0 Å². The summed E-state index contributed by atoms with van der Waals surface area (Å²) >= 11 is 0. The molecular weight excluding hydrogens is 450 g/mol. The topological polar surface area (TPSA) is 63.6 Å². The lowest BCUT2D eigenvalue weighted by atomic mass is 9.93. The van der Waals surface area contributed by atoms with E-state index in [4.69, 9.17) is 4.74 Å². The van der Waals surface area contributed by atoms with E-state index in [1.54, 1.807) is 4.90 Å². The molecule has 0 saturated heterocycles. The zero-order chi connectivity index (χ0) is 25.3. The summed E-state index contributed by atoms with van der Waals surface area (Å²) in [4.78, 5) is 29.7. The fourth-order valence-corrected chi connectivity index (χ4v) is 5.65. The summed E-state index contributed by atoms with van der Waals surface area (Å²) in [6.07, 6.45) is 6.84. The zero-order valence-corrected chi connectivity index (χ0v) is 21.6. The van der Waals surface area contributed by atoms with Crippen molar-refractivity contribution in [2.45, 2.75) is 90.1 Å². The SMILES string of the molecule is CC(C)Oc1ccc(CN2C(=O)c3cc4ccccc4n3C[C@@]2(C)C(=O)NC2CCCCCC2)cc1. The highest BCUT2D eigenvalue weighted by atomic mass is 16.5. The molecule has 1 fully saturated rings. The number of carbonyl (C=O) groups excluding carboxylic acids is 2. The van der Waals surface area contributed by atoms with Crippen molar-refractivity contribution in [3.63, 3.8) is 0 Å². The Morgan fingerprint density at radius 2 is 1.75 bits per heavy atom. The summed E-state index contributed by atoms with van der Waals surface area (Å²) in [5.74, 6) is 0.622. The highest BCUT2D eigenvalue weighted by Crippen LogP contribution is 2.34. The van der Waals surface area contributed by atoms with Gasteiger partial charge in [-0.2, -0.15) is 0 Å². The van der Waals surface area contributed by atoms with Crippen LogP contribution in [0.3, 0.4) is 0 Å². The average Bonchev–Trinajstić information content (AvgIpc) is 3.02. The first-order valence-electron chi connectivity index (χ1n) is 13.3. The minimum atomic E-state index is -1.01. The van der Waals surface area contributed by atoms with E-state index < -0.39 is 5.54 Å². The normalized spacial score (nSPS) is 20.9. The van der Waals surface area contributed by atoms with Crippen molar-refractivity contribution in [1.82, 2.24) is 14.8 Å². The molecule has 0 radical (unpaired) electrons. The van der Waals surface area contributed by atoms with E-state index in [1.807, 2.05) is 79.9 Å². The van der Waals surface area contributed by atoms with E-state index in [-0.39, 0.29) is 24.0 Å². The van der Waals surface area contributed by atoms with Gasteiger partial charge in [0.25, 0.3) is 5.91 Å². The van der Waals surface area contributed by atoms with Crippen LogP contribution in [0, 0.1) is 0 Å². The lowest BCUT2D eigenvalue weighted by molar-refractivity contribution is -0.134. The van der Waals surface area contributed by atoms with Gasteiger partial charge in [-0.05, 0) is 63.4 Å². The molecule has 1 aromatic heterocycles. The molecule has 0 unspecified atom stereocenters. The van der Waals surface area contributed by atoms with Crippen LogP contribution in [0.5, 0.6) is 5.75 Å². The van der Waals surface area contributed by atoms with Gasteiger partial charge in [-0.1, -0.05) is 56.0 Å². The molecule has 6 heteroatoms. The van der Waals surface area contributed by atoms with Crippen LogP contribution in [0.1, 0.15) is 75.3 Å². The van der Waals surface area contributed by atoms with Crippen molar-refractivity contribution in [3.05, 3.63) is 65.9 Å². The van der Waals surface area contributed by atoms with Crippen LogP contribution in [0.4, 0.5) is 0 Å². The maximum atomic E-state index is 14.0. The Balaban J connectivity index is 1.49. The third kappa shape index (κ3) is 4.73. The Morgan fingerprint density at radius 3 is 2.44 bits per heavy atom. The average molecular weight is 488 g/mol. The molecule has 1 aliphatic carbocycles. The molecule has 1 N–H and O–H groups in total. The van der Waals surface area contributed by atoms with Crippen molar-refractivity contribution in [2.75, 3.05) is 0 Å². The highest BCUT2D eigenvalue weighted by molar-refractivity contribution is 6.03. The van der Waals surface area contributed by atoms with Crippen LogP contribution in [-0.4, -0.2) is 39.0 Å². The van der Waals surface area contributed by atoms with E-state index in [2.05, 4.69) is 5.32 Å². The second kappa shape index (κ2) is 10.00. The number of benzene rings is 2. The minimum absolute atomic E-state index is 0.0639. The fourth-order valence-electron chi connectivity index (χ4n) is 5.65. The standard InChI is InChI=1S/C30H37N3O3/c1-21(2)36-25-16-14-22(15-17-25)19-33-28(34)27-18-23-10-8-9-13-26(23)32(27)20-30(33,3)29(35)31-24-11-6-4-5-7-12-24/h8-10,13-18,21,24H,4-7,11-12,19-20H2,1-3H3,(H,31,35)/t30-/m0/s1.